The molecule has 74 valence electrons. The van der Waals surface area contributed by atoms with Crippen LogP contribution in [-0.4, -0.2) is 5.78 Å². The molecule has 0 amide bonds. The van der Waals surface area contributed by atoms with Crippen molar-refractivity contribution in [2.45, 2.75) is 25.7 Å². The number of halogens is 1. The molecule has 0 aromatic heterocycles. The van der Waals surface area contributed by atoms with Crippen LogP contribution in [0.1, 0.15) is 24.8 Å². The zero-order valence-corrected chi connectivity index (χ0v) is 10.2. The highest BCUT2D eigenvalue weighted by Crippen LogP contribution is 2.32. The number of carbonyl (C=O) groups is 1. The molecule has 0 spiro atoms. The zero-order valence-electron chi connectivity index (χ0n) is 8.00. The smallest absolute Gasteiger partial charge is 0.137 e. The third kappa shape index (κ3) is 3.08. The first-order valence-electron chi connectivity index (χ1n) is 5.00. The van der Waals surface area contributed by atoms with Crippen molar-refractivity contribution in [3.8, 4) is 0 Å². The molecule has 0 bridgehead atoms. The Kier molecular flexibility index (Phi) is 3.21. The summed E-state index contributed by atoms with van der Waals surface area (Å²) in [5, 5.41) is 0. The highest BCUT2D eigenvalue weighted by Gasteiger charge is 2.23. The fraction of sp³-hybridized carbons (Fsp3) is 0.417. The molecular weight excluding hydrogens is 287 g/mol. The van der Waals surface area contributed by atoms with Gasteiger partial charge in [-0.1, -0.05) is 12.1 Å². The van der Waals surface area contributed by atoms with Crippen LogP contribution in [0.4, 0.5) is 0 Å². The Morgan fingerprint density at radius 3 is 2.50 bits per heavy atom. The molecule has 0 N–H and O–H groups in total. The second-order valence-electron chi connectivity index (χ2n) is 3.99. The van der Waals surface area contributed by atoms with Gasteiger partial charge in [-0.15, -0.1) is 0 Å². The quantitative estimate of drug-likeness (QED) is 0.780. The van der Waals surface area contributed by atoms with Crippen LogP contribution in [-0.2, 0) is 11.2 Å². The maximum absolute atomic E-state index is 11.5. The van der Waals surface area contributed by atoms with Crippen molar-refractivity contribution < 1.29 is 4.79 Å². The van der Waals surface area contributed by atoms with Gasteiger partial charge in [0.15, 0.2) is 0 Å². The van der Waals surface area contributed by atoms with E-state index in [4.69, 9.17) is 0 Å². The molecule has 1 saturated carbocycles. The summed E-state index contributed by atoms with van der Waals surface area (Å²) in [6.45, 7) is 0. The number of benzene rings is 1. The average molecular weight is 300 g/mol. The van der Waals surface area contributed by atoms with E-state index in [-0.39, 0.29) is 0 Å². The third-order valence-electron chi connectivity index (χ3n) is 2.53. The predicted molar refractivity (Wildman–Crippen MR) is 65.2 cm³/mol. The Hall–Kier alpha value is -0.380. The summed E-state index contributed by atoms with van der Waals surface area (Å²) in [6.07, 6.45) is 3.94. The Labute approximate surface area is 98.0 Å². The van der Waals surface area contributed by atoms with E-state index in [0.717, 1.165) is 12.0 Å². The molecule has 0 atom stereocenters. The van der Waals surface area contributed by atoms with E-state index in [1.807, 2.05) is 12.1 Å². The van der Waals surface area contributed by atoms with Crippen molar-refractivity contribution in [1.82, 2.24) is 0 Å². The maximum Gasteiger partial charge on any atom is 0.137 e. The molecule has 1 aliphatic carbocycles. The molecular formula is C12H13IO. The molecule has 0 radical (unpaired) electrons. The highest BCUT2D eigenvalue weighted by atomic mass is 127. The van der Waals surface area contributed by atoms with E-state index in [0.29, 0.717) is 18.1 Å². The van der Waals surface area contributed by atoms with Crippen molar-refractivity contribution in [3.05, 3.63) is 33.4 Å². The van der Waals surface area contributed by atoms with Crippen LogP contribution < -0.4 is 0 Å². The average Bonchev–Trinajstić information content (AvgIpc) is 2.93. The minimum atomic E-state index is 0.397. The predicted octanol–water partition coefficient (Wildman–Crippen LogP) is 3.20. The van der Waals surface area contributed by atoms with E-state index in [1.54, 1.807) is 0 Å². The van der Waals surface area contributed by atoms with E-state index in [1.165, 1.54) is 16.4 Å². The highest BCUT2D eigenvalue weighted by molar-refractivity contribution is 14.1. The van der Waals surface area contributed by atoms with Crippen molar-refractivity contribution in [3.63, 3.8) is 0 Å². The topological polar surface area (TPSA) is 17.1 Å². The van der Waals surface area contributed by atoms with Crippen molar-refractivity contribution in [2.24, 2.45) is 5.92 Å². The summed E-state index contributed by atoms with van der Waals surface area (Å²) < 4.78 is 1.22. The lowest BCUT2D eigenvalue weighted by molar-refractivity contribution is -0.118. The summed E-state index contributed by atoms with van der Waals surface area (Å²) in [7, 11) is 0. The number of ketones is 1. The van der Waals surface area contributed by atoms with Crippen LogP contribution in [0.3, 0.4) is 0 Å². The molecule has 0 heterocycles. The summed E-state index contributed by atoms with van der Waals surface area (Å²) in [6, 6.07) is 8.21. The third-order valence-corrected chi connectivity index (χ3v) is 3.25. The van der Waals surface area contributed by atoms with Crippen LogP contribution in [0.25, 0.3) is 0 Å². The number of hydrogen-bond donors (Lipinski definition) is 0. The number of rotatable bonds is 4. The molecule has 1 aromatic carbocycles. The zero-order chi connectivity index (χ0) is 9.97. The van der Waals surface area contributed by atoms with Gasteiger partial charge in [0.2, 0.25) is 0 Å². The van der Waals surface area contributed by atoms with Crippen molar-refractivity contribution in [2.75, 3.05) is 0 Å². The van der Waals surface area contributed by atoms with E-state index in [9.17, 15) is 4.79 Å². The van der Waals surface area contributed by atoms with Gasteiger partial charge in [0.05, 0.1) is 0 Å². The van der Waals surface area contributed by atoms with Crippen molar-refractivity contribution in [1.29, 1.82) is 0 Å². The molecule has 2 heteroatoms. The van der Waals surface area contributed by atoms with Crippen LogP contribution in [0.5, 0.6) is 0 Å². The van der Waals surface area contributed by atoms with Crippen molar-refractivity contribution >= 4 is 28.4 Å². The second kappa shape index (κ2) is 4.43. The first-order chi connectivity index (χ1) is 6.74. The number of hydrogen-bond acceptors (Lipinski definition) is 1. The van der Waals surface area contributed by atoms with Gasteiger partial charge in [-0.05, 0) is 59.0 Å². The van der Waals surface area contributed by atoms with Gasteiger partial charge < -0.3 is 0 Å². The summed E-state index contributed by atoms with van der Waals surface area (Å²) in [5.74, 6) is 1.11. The van der Waals surface area contributed by atoms with Gasteiger partial charge in [0.25, 0.3) is 0 Å². The Bertz CT molecular complexity index is 325. The molecule has 1 fully saturated rings. The largest absolute Gasteiger partial charge is 0.299 e. The van der Waals surface area contributed by atoms with Gasteiger partial charge in [-0.25, -0.2) is 0 Å². The minimum absolute atomic E-state index is 0.397. The van der Waals surface area contributed by atoms with E-state index in [2.05, 4.69) is 34.7 Å². The van der Waals surface area contributed by atoms with Crippen LogP contribution >= 0.6 is 22.6 Å². The second-order valence-corrected chi connectivity index (χ2v) is 5.24. The van der Waals surface area contributed by atoms with Gasteiger partial charge in [-0.2, -0.15) is 0 Å². The lowest BCUT2D eigenvalue weighted by Gasteiger charge is -2.00. The molecule has 1 nitrogen and oxygen atoms in total. The maximum atomic E-state index is 11.5. The van der Waals surface area contributed by atoms with Crippen LogP contribution in [0.2, 0.25) is 0 Å². The molecule has 2 rings (SSSR count). The number of Topliss-reactive ketones (excluding diaryl/α,β-unsaturated/α-hetero) is 1. The molecule has 0 unspecified atom stereocenters. The molecule has 1 aromatic rings. The van der Waals surface area contributed by atoms with Gasteiger partial charge in [0, 0.05) is 16.4 Å². The monoisotopic (exact) mass is 300 g/mol. The summed E-state index contributed by atoms with van der Waals surface area (Å²) >= 11 is 2.28. The fourth-order valence-electron chi connectivity index (χ4n) is 1.55. The molecule has 1 aliphatic rings. The molecule has 0 aliphatic heterocycles. The van der Waals surface area contributed by atoms with Crippen LogP contribution in [0, 0.1) is 9.49 Å². The normalized spacial score (nSPS) is 15.5. The van der Waals surface area contributed by atoms with Gasteiger partial charge >= 0.3 is 0 Å². The first kappa shape index (κ1) is 10.1. The Balaban J connectivity index is 1.89. The van der Waals surface area contributed by atoms with Gasteiger partial charge in [-0.3, -0.25) is 4.79 Å². The van der Waals surface area contributed by atoms with Crippen LogP contribution in [0.15, 0.2) is 24.3 Å². The minimum Gasteiger partial charge on any atom is -0.299 e. The van der Waals surface area contributed by atoms with Gasteiger partial charge in [0.1, 0.15) is 5.78 Å². The Morgan fingerprint density at radius 1 is 1.29 bits per heavy atom. The van der Waals surface area contributed by atoms with E-state index < -0.39 is 0 Å². The first-order valence-corrected chi connectivity index (χ1v) is 6.08. The molecule has 0 saturated heterocycles. The lowest BCUT2D eigenvalue weighted by Crippen LogP contribution is -2.03. The fourth-order valence-corrected chi connectivity index (χ4v) is 1.91. The standard InChI is InChI=1S/C12H13IO/c13-11-5-3-10(4-6-11)8-12(14)7-9-1-2-9/h3-6,9H,1-2,7-8H2. The summed E-state index contributed by atoms with van der Waals surface area (Å²) in [5.41, 5.74) is 1.15. The SMILES string of the molecule is O=C(Cc1ccc(I)cc1)CC1CC1. The molecule has 14 heavy (non-hydrogen) atoms. The Morgan fingerprint density at radius 2 is 1.93 bits per heavy atom. The summed E-state index contributed by atoms with van der Waals surface area (Å²) in [4.78, 5) is 11.5. The number of carbonyl (C=O) groups excluding carboxylic acids is 1. The lowest BCUT2D eigenvalue weighted by atomic mass is 10.1. The van der Waals surface area contributed by atoms with E-state index >= 15 is 0 Å².